The molecular formula is C15H17NO3S. The third-order valence-corrected chi connectivity index (χ3v) is 4.44. The molecule has 106 valence electrons. The minimum absolute atomic E-state index is 0.665. The van der Waals surface area contributed by atoms with Crippen LogP contribution in [0.2, 0.25) is 0 Å². The van der Waals surface area contributed by atoms with Gasteiger partial charge in [-0.15, -0.1) is 0 Å². The summed E-state index contributed by atoms with van der Waals surface area (Å²) in [5, 5.41) is 4.54. The predicted molar refractivity (Wildman–Crippen MR) is 80.8 cm³/mol. The quantitative estimate of drug-likeness (QED) is 0.928. The van der Waals surface area contributed by atoms with E-state index in [4.69, 9.17) is 9.88 Å². The summed E-state index contributed by atoms with van der Waals surface area (Å²) in [6.07, 6.45) is 7.18. The number of nitrogens with two attached hydrogens (primary N) is 1. The molecule has 1 aliphatic carbocycles. The third kappa shape index (κ3) is 3.18. The summed E-state index contributed by atoms with van der Waals surface area (Å²) < 4.78 is 28.6. The summed E-state index contributed by atoms with van der Waals surface area (Å²) in [5.74, 6) is 0.755. The monoisotopic (exact) mass is 291 g/mol. The van der Waals surface area contributed by atoms with Gasteiger partial charge in [0.2, 0.25) is 10.0 Å². The maximum Gasteiger partial charge on any atom is 0.220 e. The molecule has 0 fully saturated rings. The Balaban J connectivity index is 2.41. The van der Waals surface area contributed by atoms with E-state index in [1.807, 2.05) is 36.4 Å². The number of allylic oxidation sites excluding steroid dienone is 3. The second-order valence-corrected chi connectivity index (χ2v) is 6.31. The van der Waals surface area contributed by atoms with Gasteiger partial charge in [-0.2, -0.15) is 0 Å². The van der Waals surface area contributed by atoms with Gasteiger partial charge in [-0.3, -0.25) is 0 Å². The van der Waals surface area contributed by atoms with Crippen molar-refractivity contribution < 1.29 is 13.2 Å². The smallest absolute Gasteiger partial charge is 0.220 e. The van der Waals surface area contributed by atoms with Gasteiger partial charge in [0.15, 0.2) is 0 Å². The Hall–Kier alpha value is -1.85. The fourth-order valence-corrected chi connectivity index (χ4v) is 3.34. The van der Waals surface area contributed by atoms with Crippen molar-refractivity contribution in [2.75, 3.05) is 7.11 Å². The van der Waals surface area contributed by atoms with E-state index in [9.17, 15) is 8.42 Å². The molecule has 0 radical (unpaired) electrons. The van der Waals surface area contributed by atoms with Crippen LogP contribution in [-0.2, 0) is 10.0 Å². The van der Waals surface area contributed by atoms with Crippen LogP contribution in [0, 0.1) is 0 Å². The maximum atomic E-state index is 11.7. The molecule has 0 bridgehead atoms. The summed E-state index contributed by atoms with van der Waals surface area (Å²) in [6, 6.07) is 7.39. The van der Waals surface area contributed by atoms with Gasteiger partial charge in [0.25, 0.3) is 0 Å². The van der Waals surface area contributed by atoms with Crippen LogP contribution >= 0.6 is 0 Å². The van der Waals surface area contributed by atoms with E-state index in [-0.39, 0.29) is 0 Å². The molecule has 0 spiro atoms. The van der Waals surface area contributed by atoms with Crippen molar-refractivity contribution in [1.82, 2.24) is 0 Å². The average Bonchev–Trinajstić information content (AvgIpc) is 2.38. The lowest BCUT2D eigenvalue weighted by Crippen LogP contribution is -2.31. The zero-order valence-corrected chi connectivity index (χ0v) is 12.2. The van der Waals surface area contributed by atoms with E-state index in [1.165, 1.54) is 0 Å². The summed E-state index contributed by atoms with van der Waals surface area (Å²) in [4.78, 5) is 0. The number of benzene rings is 1. The molecular weight excluding hydrogens is 274 g/mol. The third-order valence-electron chi connectivity index (χ3n) is 3.14. The number of ether oxygens (including phenoxy) is 1. The fourth-order valence-electron chi connectivity index (χ4n) is 2.21. The van der Waals surface area contributed by atoms with Crippen molar-refractivity contribution in [1.29, 1.82) is 0 Å². The van der Waals surface area contributed by atoms with Crippen LogP contribution in [0.4, 0.5) is 0 Å². The molecule has 1 atom stereocenters. The zero-order valence-electron chi connectivity index (χ0n) is 11.4. The Morgan fingerprint density at radius 2 is 1.90 bits per heavy atom. The van der Waals surface area contributed by atoms with Crippen molar-refractivity contribution in [3.05, 3.63) is 59.2 Å². The lowest BCUT2D eigenvalue weighted by atomic mass is 9.98. The lowest BCUT2D eigenvalue weighted by Gasteiger charge is -2.20. The summed E-state index contributed by atoms with van der Waals surface area (Å²) in [6.45, 7) is 1.76. The van der Waals surface area contributed by atoms with E-state index in [2.05, 4.69) is 0 Å². The molecule has 0 aliphatic heterocycles. The number of sulfonamides is 1. The van der Waals surface area contributed by atoms with Crippen LogP contribution in [0.5, 0.6) is 5.75 Å². The van der Waals surface area contributed by atoms with Crippen molar-refractivity contribution in [3.8, 4) is 5.75 Å². The molecule has 1 aromatic carbocycles. The molecule has 1 aromatic rings. The molecule has 0 aromatic heterocycles. The van der Waals surface area contributed by atoms with Gasteiger partial charge in [0.05, 0.1) is 7.11 Å². The van der Waals surface area contributed by atoms with Gasteiger partial charge < -0.3 is 4.74 Å². The standard InChI is InChI=1S/C15H17NO3S/c1-11-4-3-5-13(15(11)20(16,17)18)10-12-6-8-14(19-2)9-7-12/h3-10,15H,1-2H3,(H2,16,17,18). The van der Waals surface area contributed by atoms with Gasteiger partial charge in [-0.25, -0.2) is 13.6 Å². The van der Waals surface area contributed by atoms with Gasteiger partial charge in [0.1, 0.15) is 11.0 Å². The Kier molecular flexibility index (Phi) is 4.11. The van der Waals surface area contributed by atoms with E-state index in [0.717, 1.165) is 16.9 Å². The second-order valence-electron chi connectivity index (χ2n) is 4.66. The SMILES string of the molecule is COc1ccc(C=C2C=CC=C(C)C2S(N)(=O)=O)cc1. The first-order valence-electron chi connectivity index (χ1n) is 6.14. The van der Waals surface area contributed by atoms with Crippen molar-refractivity contribution in [2.24, 2.45) is 5.14 Å². The molecule has 0 amide bonds. The Morgan fingerprint density at radius 3 is 2.45 bits per heavy atom. The van der Waals surface area contributed by atoms with E-state index >= 15 is 0 Å². The predicted octanol–water partition coefficient (Wildman–Crippen LogP) is 2.25. The minimum atomic E-state index is -3.67. The maximum absolute atomic E-state index is 11.7. The zero-order chi connectivity index (χ0) is 14.8. The molecule has 0 saturated carbocycles. The first-order chi connectivity index (χ1) is 9.41. The van der Waals surface area contributed by atoms with Gasteiger partial charge in [-0.1, -0.05) is 36.4 Å². The van der Waals surface area contributed by atoms with Crippen molar-refractivity contribution in [2.45, 2.75) is 12.2 Å². The van der Waals surface area contributed by atoms with Crippen LogP contribution in [0.1, 0.15) is 12.5 Å². The lowest BCUT2D eigenvalue weighted by molar-refractivity contribution is 0.415. The fraction of sp³-hybridized carbons (Fsp3) is 0.200. The molecule has 0 heterocycles. The van der Waals surface area contributed by atoms with E-state index in [1.54, 1.807) is 26.2 Å². The van der Waals surface area contributed by atoms with E-state index < -0.39 is 15.3 Å². The summed E-state index contributed by atoms with van der Waals surface area (Å²) in [5.41, 5.74) is 2.28. The Labute approximate surface area is 119 Å². The molecule has 0 saturated heterocycles. The number of rotatable bonds is 3. The molecule has 2 rings (SSSR count). The molecule has 1 aliphatic rings. The Bertz CT molecular complexity index is 682. The van der Waals surface area contributed by atoms with Gasteiger partial charge >= 0.3 is 0 Å². The first kappa shape index (κ1) is 14.6. The average molecular weight is 291 g/mol. The van der Waals surface area contributed by atoms with Crippen LogP contribution in [0.15, 0.2) is 53.6 Å². The van der Waals surface area contributed by atoms with Crippen LogP contribution in [0.25, 0.3) is 6.08 Å². The highest BCUT2D eigenvalue weighted by molar-refractivity contribution is 7.90. The molecule has 4 nitrogen and oxygen atoms in total. The molecule has 1 unspecified atom stereocenters. The van der Waals surface area contributed by atoms with Crippen LogP contribution < -0.4 is 9.88 Å². The topological polar surface area (TPSA) is 69.4 Å². The van der Waals surface area contributed by atoms with Gasteiger partial charge in [-0.05, 0) is 35.8 Å². The van der Waals surface area contributed by atoms with E-state index in [0.29, 0.717) is 5.57 Å². The largest absolute Gasteiger partial charge is 0.497 e. The highest BCUT2D eigenvalue weighted by Crippen LogP contribution is 2.26. The highest BCUT2D eigenvalue weighted by atomic mass is 32.2. The van der Waals surface area contributed by atoms with Crippen molar-refractivity contribution >= 4 is 16.1 Å². The number of primary sulfonamides is 1. The summed E-state index contributed by atoms with van der Waals surface area (Å²) >= 11 is 0. The van der Waals surface area contributed by atoms with Crippen LogP contribution in [0.3, 0.4) is 0 Å². The number of methoxy groups -OCH3 is 1. The molecule has 5 heteroatoms. The highest BCUT2D eigenvalue weighted by Gasteiger charge is 2.27. The van der Waals surface area contributed by atoms with Crippen molar-refractivity contribution in [3.63, 3.8) is 0 Å². The minimum Gasteiger partial charge on any atom is -0.497 e. The number of hydrogen-bond acceptors (Lipinski definition) is 3. The summed E-state index contributed by atoms with van der Waals surface area (Å²) in [7, 11) is -2.07. The van der Waals surface area contributed by atoms with Crippen LogP contribution in [-0.4, -0.2) is 20.8 Å². The first-order valence-corrected chi connectivity index (χ1v) is 7.75. The molecule has 20 heavy (non-hydrogen) atoms. The Morgan fingerprint density at radius 1 is 1.25 bits per heavy atom. The second kappa shape index (κ2) is 5.64. The normalized spacial score (nSPS) is 20.9. The number of hydrogen-bond donors (Lipinski definition) is 1. The van der Waals surface area contributed by atoms with Gasteiger partial charge in [0, 0.05) is 0 Å². The molecule has 2 N–H and O–H groups in total.